The van der Waals surface area contributed by atoms with Crippen LogP contribution in [-0.4, -0.2) is 44.2 Å². The van der Waals surface area contributed by atoms with E-state index in [1.165, 1.54) is 50.8 Å². The van der Waals surface area contributed by atoms with E-state index in [9.17, 15) is 0 Å². The first-order valence-corrected chi connectivity index (χ1v) is 8.58. The fourth-order valence-corrected chi connectivity index (χ4v) is 3.47. The van der Waals surface area contributed by atoms with Crippen LogP contribution < -0.4 is 10.1 Å². The molecule has 0 aromatic heterocycles. The van der Waals surface area contributed by atoms with Crippen LogP contribution in [-0.2, 0) is 0 Å². The molecule has 116 valence electrons. The van der Waals surface area contributed by atoms with Gasteiger partial charge in [-0.1, -0.05) is 18.6 Å². The van der Waals surface area contributed by atoms with Crippen molar-refractivity contribution < 1.29 is 4.74 Å². The first-order valence-electron chi connectivity index (χ1n) is 8.58. The lowest BCUT2D eigenvalue weighted by molar-refractivity contribution is 0.183. The van der Waals surface area contributed by atoms with Crippen molar-refractivity contribution in [3.8, 4) is 5.75 Å². The number of benzene rings is 1. The van der Waals surface area contributed by atoms with Crippen LogP contribution in [0.1, 0.15) is 43.6 Å². The summed E-state index contributed by atoms with van der Waals surface area (Å²) >= 11 is 0. The molecular formula is C18H28N2O. The number of rotatable bonds is 5. The summed E-state index contributed by atoms with van der Waals surface area (Å²) < 4.78 is 5.90. The van der Waals surface area contributed by atoms with E-state index in [1.807, 2.05) is 0 Å². The number of hydrogen-bond acceptors (Lipinski definition) is 3. The normalized spacial score (nSPS) is 21.3. The molecule has 21 heavy (non-hydrogen) atoms. The van der Waals surface area contributed by atoms with Crippen LogP contribution in [0.4, 0.5) is 0 Å². The summed E-state index contributed by atoms with van der Waals surface area (Å²) in [7, 11) is 0. The van der Waals surface area contributed by atoms with Gasteiger partial charge < -0.3 is 10.1 Å². The van der Waals surface area contributed by atoms with Crippen LogP contribution in [0.3, 0.4) is 0 Å². The molecule has 0 unspecified atom stereocenters. The van der Waals surface area contributed by atoms with Crippen LogP contribution in [0.5, 0.6) is 5.75 Å². The largest absolute Gasteiger partial charge is 0.492 e. The highest BCUT2D eigenvalue weighted by atomic mass is 16.5. The van der Waals surface area contributed by atoms with Crippen molar-refractivity contribution in [3.63, 3.8) is 0 Å². The van der Waals surface area contributed by atoms with Crippen molar-refractivity contribution in [2.24, 2.45) is 0 Å². The Hall–Kier alpha value is -1.06. The Morgan fingerprint density at radius 2 is 1.71 bits per heavy atom. The molecule has 0 radical (unpaired) electrons. The van der Waals surface area contributed by atoms with Gasteiger partial charge in [-0.25, -0.2) is 0 Å². The molecule has 0 saturated carbocycles. The highest BCUT2D eigenvalue weighted by Crippen LogP contribution is 2.26. The maximum atomic E-state index is 5.90. The van der Waals surface area contributed by atoms with Crippen LogP contribution in [0.25, 0.3) is 0 Å². The Labute approximate surface area is 128 Å². The van der Waals surface area contributed by atoms with E-state index in [0.29, 0.717) is 0 Å². The summed E-state index contributed by atoms with van der Waals surface area (Å²) in [4.78, 5) is 2.52. The number of nitrogens with zero attached hydrogens (tertiary/aromatic N) is 1. The van der Waals surface area contributed by atoms with Gasteiger partial charge in [0.1, 0.15) is 12.4 Å². The molecule has 3 nitrogen and oxygen atoms in total. The number of hydrogen-bond donors (Lipinski definition) is 1. The predicted molar refractivity (Wildman–Crippen MR) is 87.1 cm³/mol. The summed E-state index contributed by atoms with van der Waals surface area (Å²) in [6, 6.07) is 8.81. The van der Waals surface area contributed by atoms with E-state index >= 15 is 0 Å². The first kappa shape index (κ1) is 14.9. The summed E-state index contributed by atoms with van der Waals surface area (Å²) in [5.74, 6) is 1.75. The molecule has 1 N–H and O–H groups in total. The second-order valence-corrected chi connectivity index (χ2v) is 6.34. The summed E-state index contributed by atoms with van der Waals surface area (Å²) in [6.07, 6.45) is 6.62. The summed E-state index contributed by atoms with van der Waals surface area (Å²) in [6.45, 7) is 6.68. The van der Waals surface area contributed by atoms with Gasteiger partial charge in [0.05, 0.1) is 0 Å². The lowest BCUT2D eigenvalue weighted by atomic mass is 9.90. The van der Waals surface area contributed by atoms with E-state index in [1.54, 1.807) is 0 Å². The van der Waals surface area contributed by atoms with Gasteiger partial charge in [0.15, 0.2) is 0 Å². The monoisotopic (exact) mass is 288 g/mol. The molecule has 2 aliphatic rings. The maximum absolute atomic E-state index is 5.90. The number of likely N-dealkylation sites (tertiary alicyclic amines) is 1. The van der Waals surface area contributed by atoms with E-state index in [2.05, 4.69) is 34.5 Å². The van der Waals surface area contributed by atoms with Crippen molar-refractivity contribution >= 4 is 0 Å². The molecule has 3 heteroatoms. The van der Waals surface area contributed by atoms with Gasteiger partial charge in [-0.3, -0.25) is 4.90 Å². The molecule has 2 fully saturated rings. The third kappa shape index (κ3) is 4.45. The van der Waals surface area contributed by atoms with Gasteiger partial charge in [0.25, 0.3) is 0 Å². The maximum Gasteiger partial charge on any atom is 0.119 e. The average Bonchev–Trinajstić information content (AvgIpc) is 2.57. The lowest BCUT2D eigenvalue weighted by Gasteiger charge is -2.26. The molecule has 2 heterocycles. The van der Waals surface area contributed by atoms with Crippen LogP contribution in [0.2, 0.25) is 0 Å². The van der Waals surface area contributed by atoms with Crippen molar-refractivity contribution in [3.05, 3.63) is 29.8 Å². The number of piperidine rings is 2. The Balaban J connectivity index is 1.43. The van der Waals surface area contributed by atoms with Crippen molar-refractivity contribution in [2.45, 2.75) is 38.0 Å². The van der Waals surface area contributed by atoms with Crippen LogP contribution in [0.15, 0.2) is 24.3 Å². The number of nitrogens with one attached hydrogen (secondary N) is 1. The van der Waals surface area contributed by atoms with Crippen molar-refractivity contribution in [1.29, 1.82) is 0 Å². The Morgan fingerprint density at radius 1 is 1.00 bits per heavy atom. The predicted octanol–water partition coefficient (Wildman–Crippen LogP) is 3.02. The summed E-state index contributed by atoms with van der Waals surface area (Å²) in [5, 5.41) is 3.43. The van der Waals surface area contributed by atoms with Crippen molar-refractivity contribution in [1.82, 2.24) is 10.2 Å². The van der Waals surface area contributed by atoms with Gasteiger partial charge in [-0.05, 0) is 75.5 Å². The zero-order chi connectivity index (χ0) is 14.3. The molecule has 2 saturated heterocycles. The minimum atomic E-state index is 0.730. The van der Waals surface area contributed by atoms with Gasteiger partial charge in [-0.15, -0.1) is 0 Å². The average molecular weight is 288 g/mol. The van der Waals surface area contributed by atoms with E-state index in [-0.39, 0.29) is 0 Å². The zero-order valence-electron chi connectivity index (χ0n) is 13.0. The third-order valence-corrected chi connectivity index (χ3v) is 4.82. The second kappa shape index (κ2) is 7.81. The number of ether oxygens (including phenoxy) is 1. The van der Waals surface area contributed by atoms with Crippen molar-refractivity contribution in [2.75, 3.05) is 39.3 Å². The fraction of sp³-hybridized carbons (Fsp3) is 0.667. The van der Waals surface area contributed by atoms with Gasteiger partial charge in [-0.2, -0.15) is 0 Å². The van der Waals surface area contributed by atoms with Gasteiger partial charge in [0.2, 0.25) is 0 Å². The van der Waals surface area contributed by atoms with Crippen LogP contribution in [0, 0.1) is 0 Å². The van der Waals surface area contributed by atoms with E-state index < -0.39 is 0 Å². The van der Waals surface area contributed by atoms with Crippen LogP contribution >= 0.6 is 0 Å². The molecule has 1 aromatic rings. The molecule has 0 aliphatic carbocycles. The third-order valence-electron chi connectivity index (χ3n) is 4.82. The molecule has 0 amide bonds. The zero-order valence-corrected chi connectivity index (χ0v) is 13.0. The minimum absolute atomic E-state index is 0.730. The van der Waals surface area contributed by atoms with E-state index in [0.717, 1.165) is 37.9 Å². The SMILES string of the molecule is c1cc(C2CCNCC2)ccc1OCCN1CCCCC1. The molecule has 0 spiro atoms. The Bertz CT molecular complexity index is 406. The Kier molecular flexibility index (Phi) is 5.53. The quantitative estimate of drug-likeness (QED) is 0.901. The fourth-order valence-electron chi connectivity index (χ4n) is 3.47. The van der Waals surface area contributed by atoms with Gasteiger partial charge >= 0.3 is 0 Å². The molecule has 1 aromatic carbocycles. The standard InChI is InChI=1S/C18H28N2O/c1-2-12-20(13-3-1)14-15-21-18-6-4-16(5-7-18)17-8-10-19-11-9-17/h4-7,17,19H,1-3,8-15H2. The molecule has 0 atom stereocenters. The molecule has 0 bridgehead atoms. The second-order valence-electron chi connectivity index (χ2n) is 6.34. The molecular weight excluding hydrogens is 260 g/mol. The highest BCUT2D eigenvalue weighted by molar-refractivity contribution is 5.29. The molecule has 3 rings (SSSR count). The minimum Gasteiger partial charge on any atom is -0.492 e. The first-order chi connectivity index (χ1) is 10.4. The highest BCUT2D eigenvalue weighted by Gasteiger charge is 2.15. The smallest absolute Gasteiger partial charge is 0.119 e. The topological polar surface area (TPSA) is 24.5 Å². The lowest BCUT2D eigenvalue weighted by Crippen LogP contribution is -2.33. The van der Waals surface area contributed by atoms with Gasteiger partial charge in [0, 0.05) is 6.54 Å². The summed E-state index contributed by atoms with van der Waals surface area (Å²) in [5.41, 5.74) is 1.47. The Morgan fingerprint density at radius 3 is 2.43 bits per heavy atom. The van der Waals surface area contributed by atoms with E-state index in [4.69, 9.17) is 4.74 Å². The molecule has 2 aliphatic heterocycles.